The highest BCUT2D eigenvalue weighted by Gasteiger charge is 2.26. The smallest absolute Gasteiger partial charge is 0.333 e. The van der Waals surface area contributed by atoms with Gasteiger partial charge in [0, 0.05) is 38.2 Å². The van der Waals surface area contributed by atoms with Crippen molar-refractivity contribution in [3.63, 3.8) is 0 Å². The van der Waals surface area contributed by atoms with Crippen molar-refractivity contribution in [2.45, 2.75) is 6.92 Å². The Balaban J connectivity index is 2.00. The predicted molar refractivity (Wildman–Crippen MR) is 85.8 cm³/mol. The van der Waals surface area contributed by atoms with Gasteiger partial charge < -0.3 is 5.32 Å². The molecule has 1 saturated heterocycles. The Labute approximate surface area is 133 Å². The van der Waals surface area contributed by atoms with Gasteiger partial charge >= 0.3 is 5.69 Å². The number of nitrogens with one attached hydrogen (secondary N) is 1. The molecule has 1 aliphatic heterocycles. The highest BCUT2D eigenvalue weighted by atomic mass is 32.2. The Bertz CT molecular complexity index is 652. The second-order valence-electron chi connectivity index (χ2n) is 4.92. The average Bonchev–Trinajstić information content (AvgIpc) is 2.74. The van der Waals surface area contributed by atoms with Crippen LogP contribution >= 0.6 is 11.8 Å². The number of rotatable bonds is 6. The van der Waals surface area contributed by atoms with Gasteiger partial charge in [-0.3, -0.25) is 10.1 Å². The molecule has 22 heavy (non-hydrogen) atoms. The Kier molecular flexibility index (Phi) is 5.29. The molecule has 2 heterocycles. The molecule has 0 atom stereocenters. The fraction of sp³-hybridized carbons (Fsp3) is 0.727. The molecular weight excluding hydrogens is 330 g/mol. The van der Waals surface area contributed by atoms with Crippen LogP contribution in [-0.2, 0) is 17.1 Å². The van der Waals surface area contributed by atoms with E-state index >= 15 is 0 Å². The number of nitro groups is 1. The normalized spacial score (nSPS) is 16.6. The highest BCUT2D eigenvalue weighted by Crippen LogP contribution is 2.27. The molecule has 2 rings (SSSR count). The largest absolute Gasteiger partial charge is 0.363 e. The Morgan fingerprint density at radius 3 is 2.64 bits per heavy atom. The third kappa shape index (κ3) is 3.70. The van der Waals surface area contributed by atoms with E-state index in [1.54, 1.807) is 25.7 Å². The first-order chi connectivity index (χ1) is 10.3. The average molecular weight is 349 g/mol. The van der Waals surface area contributed by atoms with Gasteiger partial charge in [0.1, 0.15) is 5.69 Å². The number of hydrogen-bond donors (Lipinski definition) is 1. The number of nitrogens with zero attached hydrogens (tertiary/aromatic N) is 4. The molecule has 1 aliphatic rings. The van der Waals surface area contributed by atoms with Crippen LogP contribution < -0.4 is 5.32 Å². The van der Waals surface area contributed by atoms with Crippen LogP contribution in [0.5, 0.6) is 0 Å². The first-order valence-corrected chi connectivity index (χ1v) is 9.56. The van der Waals surface area contributed by atoms with Crippen LogP contribution in [0.25, 0.3) is 0 Å². The molecule has 0 spiro atoms. The number of aromatic nitrogens is 2. The van der Waals surface area contributed by atoms with E-state index < -0.39 is 14.9 Å². The summed E-state index contributed by atoms with van der Waals surface area (Å²) in [6, 6.07) is 0. The molecule has 0 bridgehead atoms. The van der Waals surface area contributed by atoms with Crippen molar-refractivity contribution in [1.29, 1.82) is 0 Å². The van der Waals surface area contributed by atoms with Gasteiger partial charge in [0.2, 0.25) is 15.8 Å². The summed E-state index contributed by atoms with van der Waals surface area (Å²) in [7, 11) is -1.75. The zero-order chi connectivity index (χ0) is 16.3. The lowest BCUT2D eigenvalue weighted by Gasteiger charge is -2.25. The Morgan fingerprint density at radius 2 is 2.05 bits per heavy atom. The van der Waals surface area contributed by atoms with E-state index in [1.807, 2.05) is 0 Å². The summed E-state index contributed by atoms with van der Waals surface area (Å²) in [6.45, 7) is 2.70. The predicted octanol–water partition coefficient (Wildman–Crippen LogP) is 0.427. The van der Waals surface area contributed by atoms with Gasteiger partial charge in [0.15, 0.2) is 0 Å². The zero-order valence-electron chi connectivity index (χ0n) is 12.5. The van der Waals surface area contributed by atoms with E-state index in [4.69, 9.17) is 0 Å². The summed E-state index contributed by atoms with van der Waals surface area (Å²) in [6.07, 6.45) is 0. The fourth-order valence-electron chi connectivity index (χ4n) is 2.32. The molecule has 0 unspecified atom stereocenters. The number of hydrogen-bond acceptors (Lipinski definition) is 7. The fourth-order valence-corrected chi connectivity index (χ4v) is 4.81. The Hall–Kier alpha value is -1.33. The van der Waals surface area contributed by atoms with Gasteiger partial charge in [-0.25, -0.2) is 17.4 Å². The molecule has 0 radical (unpaired) electrons. The lowest BCUT2D eigenvalue weighted by atomic mass is 10.4. The monoisotopic (exact) mass is 349 g/mol. The van der Waals surface area contributed by atoms with Gasteiger partial charge in [-0.15, -0.1) is 0 Å². The number of thioether (sulfide) groups is 1. The van der Waals surface area contributed by atoms with Gasteiger partial charge in [-0.05, 0) is 6.92 Å². The molecule has 0 saturated carbocycles. The van der Waals surface area contributed by atoms with Crippen molar-refractivity contribution in [2.24, 2.45) is 7.05 Å². The minimum absolute atomic E-state index is 0.0982. The lowest BCUT2D eigenvalue weighted by molar-refractivity contribution is -0.384. The van der Waals surface area contributed by atoms with E-state index in [0.29, 0.717) is 18.8 Å². The summed E-state index contributed by atoms with van der Waals surface area (Å²) in [4.78, 5) is 10.5. The first-order valence-electron chi connectivity index (χ1n) is 6.80. The third-order valence-electron chi connectivity index (χ3n) is 3.39. The number of aryl methyl sites for hydroxylation is 2. The van der Waals surface area contributed by atoms with E-state index in [0.717, 1.165) is 11.5 Å². The van der Waals surface area contributed by atoms with Crippen LogP contribution in [0, 0.1) is 17.0 Å². The molecular formula is C11H19N5O4S2. The van der Waals surface area contributed by atoms with Crippen LogP contribution in [-0.4, -0.2) is 64.3 Å². The molecule has 1 aromatic rings. The van der Waals surface area contributed by atoms with Gasteiger partial charge in [0.25, 0.3) is 0 Å². The van der Waals surface area contributed by atoms with E-state index in [-0.39, 0.29) is 23.8 Å². The standard InChI is InChI=1S/C11H19N5O4S2/c1-9-10(16(17)18)11(14(2)13-9)12-3-8-22(19,20)15-4-6-21-7-5-15/h12H,3-8H2,1-2H3. The zero-order valence-corrected chi connectivity index (χ0v) is 14.1. The van der Waals surface area contributed by atoms with Gasteiger partial charge in [-0.1, -0.05) is 0 Å². The van der Waals surface area contributed by atoms with Crippen LogP contribution in [0.1, 0.15) is 5.69 Å². The van der Waals surface area contributed by atoms with E-state index in [9.17, 15) is 18.5 Å². The molecule has 0 aliphatic carbocycles. The van der Waals surface area contributed by atoms with Crippen molar-refractivity contribution < 1.29 is 13.3 Å². The molecule has 11 heteroatoms. The summed E-state index contributed by atoms with van der Waals surface area (Å²) >= 11 is 1.74. The Morgan fingerprint density at radius 1 is 1.41 bits per heavy atom. The molecule has 124 valence electrons. The van der Waals surface area contributed by atoms with E-state index in [1.165, 1.54) is 8.99 Å². The van der Waals surface area contributed by atoms with Gasteiger partial charge in [0.05, 0.1) is 10.7 Å². The minimum atomic E-state index is -3.33. The summed E-state index contributed by atoms with van der Waals surface area (Å²) < 4.78 is 27.2. The molecule has 1 fully saturated rings. The van der Waals surface area contributed by atoms with E-state index in [2.05, 4.69) is 10.4 Å². The topological polar surface area (TPSA) is 110 Å². The summed E-state index contributed by atoms with van der Waals surface area (Å²) in [5, 5.41) is 17.9. The van der Waals surface area contributed by atoms with Crippen molar-refractivity contribution in [3.8, 4) is 0 Å². The maximum absolute atomic E-state index is 12.2. The van der Waals surface area contributed by atoms with Crippen molar-refractivity contribution in [1.82, 2.24) is 14.1 Å². The highest BCUT2D eigenvalue weighted by molar-refractivity contribution is 7.99. The maximum Gasteiger partial charge on any atom is 0.333 e. The van der Waals surface area contributed by atoms with Crippen LogP contribution in [0.3, 0.4) is 0 Å². The van der Waals surface area contributed by atoms with Crippen molar-refractivity contribution >= 4 is 33.3 Å². The van der Waals surface area contributed by atoms with Crippen LogP contribution in [0.2, 0.25) is 0 Å². The first kappa shape index (κ1) is 17.0. The number of anilines is 1. The quantitative estimate of drug-likeness (QED) is 0.585. The number of sulfonamides is 1. The molecule has 1 aromatic heterocycles. The molecule has 1 N–H and O–H groups in total. The van der Waals surface area contributed by atoms with Crippen LogP contribution in [0.4, 0.5) is 11.5 Å². The SMILES string of the molecule is Cc1nn(C)c(NCCS(=O)(=O)N2CCSCC2)c1[N+](=O)[O-]. The second kappa shape index (κ2) is 6.84. The third-order valence-corrected chi connectivity index (χ3v) is 6.20. The molecule has 0 aromatic carbocycles. The lowest BCUT2D eigenvalue weighted by Crippen LogP contribution is -2.40. The van der Waals surface area contributed by atoms with Crippen LogP contribution in [0.15, 0.2) is 0 Å². The minimum Gasteiger partial charge on any atom is -0.363 e. The summed E-state index contributed by atoms with van der Waals surface area (Å²) in [5.41, 5.74) is 0.181. The van der Waals surface area contributed by atoms with Crippen molar-refractivity contribution in [2.75, 3.05) is 42.2 Å². The molecule has 0 amide bonds. The second-order valence-corrected chi connectivity index (χ2v) is 8.23. The maximum atomic E-state index is 12.2. The van der Waals surface area contributed by atoms with Crippen molar-refractivity contribution in [3.05, 3.63) is 15.8 Å². The summed E-state index contributed by atoms with van der Waals surface area (Å²) in [5.74, 6) is 1.74. The van der Waals surface area contributed by atoms with Gasteiger partial charge in [-0.2, -0.15) is 16.9 Å². The molecule has 9 nitrogen and oxygen atoms in total.